The third-order valence-electron chi connectivity index (χ3n) is 6.61. The second-order valence-electron chi connectivity index (χ2n) is 8.67. The number of aromatic nitrogens is 2. The quantitative estimate of drug-likeness (QED) is 0.369. The molecule has 6 rings (SSSR count). The van der Waals surface area contributed by atoms with Crippen LogP contribution in [0.4, 0.5) is 0 Å². The fourth-order valence-electron chi connectivity index (χ4n) is 4.89. The predicted octanol–water partition coefficient (Wildman–Crippen LogP) is 6.57. The molecule has 1 aliphatic heterocycles. The van der Waals surface area contributed by atoms with E-state index < -0.39 is 0 Å². The van der Waals surface area contributed by atoms with E-state index in [1.165, 1.54) is 18.4 Å². The van der Waals surface area contributed by atoms with Crippen molar-refractivity contribution in [2.24, 2.45) is 5.73 Å². The smallest absolute Gasteiger partial charge is 0.181 e. The first-order valence-corrected chi connectivity index (χ1v) is 12.4. The van der Waals surface area contributed by atoms with Crippen molar-refractivity contribution in [3.8, 4) is 16.9 Å². The zero-order valence-corrected chi connectivity index (χ0v) is 19.4. The Kier molecular flexibility index (Phi) is 4.97. The van der Waals surface area contributed by atoms with Crippen molar-refractivity contribution in [1.82, 2.24) is 10.1 Å². The van der Waals surface area contributed by atoms with Crippen molar-refractivity contribution in [2.45, 2.75) is 57.6 Å². The molecule has 1 aliphatic carbocycles. The van der Waals surface area contributed by atoms with Gasteiger partial charge in [0, 0.05) is 50.8 Å². The van der Waals surface area contributed by atoms with E-state index >= 15 is 0 Å². The fraction of sp³-hybridized carbons (Fsp3) is 0.360. The van der Waals surface area contributed by atoms with E-state index in [1.807, 2.05) is 24.4 Å². The molecule has 4 heterocycles. The van der Waals surface area contributed by atoms with E-state index in [0.29, 0.717) is 5.02 Å². The van der Waals surface area contributed by atoms with Crippen LogP contribution in [0.1, 0.15) is 65.8 Å². The first-order chi connectivity index (χ1) is 15.6. The Morgan fingerprint density at radius 3 is 2.97 bits per heavy atom. The van der Waals surface area contributed by atoms with Crippen LogP contribution in [0.2, 0.25) is 5.02 Å². The zero-order valence-electron chi connectivity index (χ0n) is 17.9. The first kappa shape index (κ1) is 20.2. The van der Waals surface area contributed by atoms with Crippen molar-refractivity contribution in [2.75, 3.05) is 0 Å². The number of fused-ring (bicyclic) bond motifs is 3. The number of benzene rings is 1. The maximum atomic E-state index is 6.57. The molecular weight excluding hydrogens is 442 g/mol. The first-order valence-electron chi connectivity index (χ1n) is 11.2. The van der Waals surface area contributed by atoms with E-state index in [9.17, 15) is 0 Å². The average molecular weight is 466 g/mol. The van der Waals surface area contributed by atoms with Gasteiger partial charge in [0.15, 0.2) is 11.9 Å². The van der Waals surface area contributed by atoms with Crippen molar-refractivity contribution < 1.29 is 9.26 Å². The van der Waals surface area contributed by atoms with Crippen molar-refractivity contribution in [3.63, 3.8) is 0 Å². The molecule has 5 nitrogen and oxygen atoms in total. The van der Waals surface area contributed by atoms with Gasteiger partial charge in [-0.3, -0.25) is 4.98 Å². The molecule has 1 aromatic carbocycles. The highest BCUT2D eigenvalue weighted by Crippen LogP contribution is 2.48. The lowest BCUT2D eigenvalue weighted by Gasteiger charge is -2.14. The number of pyridine rings is 1. The SMILES string of the molecule is CCC(N)c1cc2nccc(-c3cc(Cl)cc4c3O[C@@H](c3onc5c3CCCC5)C4)c2s1. The summed E-state index contributed by atoms with van der Waals surface area (Å²) in [6, 6.07) is 8.16. The number of aryl methyl sites for hydroxylation is 1. The number of ether oxygens (including phenoxy) is 1. The van der Waals surface area contributed by atoms with Crippen molar-refractivity contribution >= 4 is 33.2 Å². The Bertz CT molecular complexity index is 1330. The normalized spacial score (nSPS) is 18.4. The molecule has 2 aliphatic rings. The minimum atomic E-state index is -0.165. The van der Waals surface area contributed by atoms with Gasteiger partial charge in [0.1, 0.15) is 5.75 Å². The molecule has 0 amide bonds. The third kappa shape index (κ3) is 3.24. The molecule has 0 bridgehead atoms. The molecular formula is C25H24ClN3O2S. The molecule has 4 aromatic rings. The van der Waals surface area contributed by atoms with Crippen LogP contribution >= 0.6 is 22.9 Å². The van der Waals surface area contributed by atoms with Crippen molar-refractivity contribution in [3.05, 3.63) is 62.9 Å². The predicted molar refractivity (Wildman–Crippen MR) is 128 cm³/mol. The van der Waals surface area contributed by atoms with Gasteiger partial charge in [0.05, 0.1) is 15.9 Å². The van der Waals surface area contributed by atoms with Crippen LogP contribution in [-0.4, -0.2) is 10.1 Å². The van der Waals surface area contributed by atoms with E-state index in [2.05, 4.69) is 23.1 Å². The second-order valence-corrected chi connectivity index (χ2v) is 10.2. The number of rotatable bonds is 4. The van der Waals surface area contributed by atoms with Gasteiger partial charge in [-0.25, -0.2) is 0 Å². The highest BCUT2D eigenvalue weighted by molar-refractivity contribution is 7.19. The molecule has 0 radical (unpaired) electrons. The highest BCUT2D eigenvalue weighted by Gasteiger charge is 2.34. The van der Waals surface area contributed by atoms with Crippen LogP contribution in [0, 0.1) is 0 Å². The number of nitrogens with two attached hydrogens (primary N) is 1. The van der Waals surface area contributed by atoms with Crippen LogP contribution in [0.5, 0.6) is 5.75 Å². The van der Waals surface area contributed by atoms with E-state index in [0.717, 1.165) is 74.7 Å². The molecule has 164 valence electrons. The molecule has 2 atom stereocenters. The lowest BCUT2D eigenvalue weighted by molar-refractivity contribution is 0.189. The average Bonchev–Trinajstić information content (AvgIpc) is 3.53. The van der Waals surface area contributed by atoms with Crippen molar-refractivity contribution in [1.29, 1.82) is 0 Å². The summed E-state index contributed by atoms with van der Waals surface area (Å²) in [6.07, 6.45) is 7.65. The lowest BCUT2D eigenvalue weighted by atomic mass is 9.93. The lowest BCUT2D eigenvalue weighted by Crippen LogP contribution is -2.08. The molecule has 0 saturated heterocycles. The molecule has 32 heavy (non-hydrogen) atoms. The van der Waals surface area contributed by atoms with Gasteiger partial charge in [-0.1, -0.05) is 23.7 Å². The van der Waals surface area contributed by atoms with Gasteiger partial charge >= 0.3 is 0 Å². The van der Waals surface area contributed by atoms with E-state index in [1.54, 1.807) is 11.3 Å². The Balaban J connectivity index is 1.44. The Morgan fingerprint density at radius 2 is 2.09 bits per heavy atom. The van der Waals surface area contributed by atoms with E-state index in [4.69, 9.17) is 26.6 Å². The van der Waals surface area contributed by atoms with Gasteiger partial charge < -0.3 is 15.0 Å². The largest absolute Gasteiger partial charge is 0.481 e. The fourth-order valence-corrected chi connectivity index (χ4v) is 6.36. The number of thiophene rings is 1. The Hall–Kier alpha value is -2.41. The van der Waals surface area contributed by atoms with Gasteiger partial charge in [0.2, 0.25) is 0 Å². The maximum Gasteiger partial charge on any atom is 0.181 e. The number of hydrogen-bond acceptors (Lipinski definition) is 6. The van der Waals surface area contributed by atoms with Gasteiger partial charge in [-0.2, -0.15) is 0 Å². The van der Waals surface area contributed by atoms with Crippen LogP contribution in [0.25, 0.3) is 21.3 Å². The van der Waals surface area contributed by atoms with Gasteiger partial charge in [-0.15, -0.1) is 11.3 Å². The van der Waals surface area contributed by atoms with Gasteiger partial charge in [0.25, 0.3) is 0 Å². The Morgan fingerprint density at radius 1 is 1.22 bits per heavy atom. The maximum absolute atomic E-state index is 6.57. The third-order valence-corrected chi connectivity index (χ3v) is 8.11. The molecule has 0 fully saturated rings. The summed E-state index contributed by atoms with van der Waals surface area (Å²) in [5.74, 6) is 1.76. The summed E-state index contributed by atoms with van der Waals surface area (Å²) in [5, 5.41) is 5.03. The minimum absolute atomic E-state index is 0.0189. The number of hydrogen-bond donors (Lipinski definition) is 1. The summed E-state index contributed by atoms with van der Waals surface area (Å²) in [4.78, 5) is 5.73. The standard InChI is InChI=1S/C25H24ClN3O2S/c1-2-18(27)22-12-20-25(32-22)15(7-8-28-20)17-11-14(26)9-13-10-21(30-23(13)17)24-16-5-3-4-6-19(16)29-31-24/h7-9,11-12,18,21H,2-6,10,27H2,1H3/t18?,21-/m1/s1. The minimum Gasteiger partial charge on any atom is -0.481 e. The summed E-state index contributed by atoms with van der Waals surface area (Å²) in [6.45, 7) is 2.10. The van der Waals surface area contributed by atoms with Crippen LogP contribution in [-0.2, 0) is 19.3 Å². The molecule has 0 spiro atoms. The van der Waals surface area contributed by atoms with E-state index in [-0.39, 0.29) is 12.1 Å². The highest BCUT2D eigenvalue weighted by atomic mass is 35.5. The summed E-state index contributed by atoms with van der Waals surface area (Å²) in [5.41, 5.74) is 12.8. The number of nitrogens with zero attached hydrogens (tertiary/aromatic N) is 2. The monoisotopic (exact) mass is 465 g/mol. The zero-order chi connectivity index (χ0) is 21.8. The summed E-state index contributed by atoms with van der Waals surface area (Å²) in [7, 11) is 0. The summed E-state index contributed by atoms with van der Waals surface area (Å²) < 4.78 is 13.5. The number of halogens is 1. The topological polar surface area (TPSA) is 74.2 Å². The second kappa shape index (κ2) is 7.87. The van der Waals surface area contributed by atoms with Crippen LogP contribution < -0.4 is 10.5 Å². The summed E-state index contributed by atoms with van der Waals surface area (Å²) >= 11 is 8.28. The molecule has 2 N–H and O–H groups in total. The van der Waals surface area contributed by atoms with Crippen LogP contribution in [0.15, 0.2) is 35.0 Å². The molecule has 7 heteroatoms. The molecule has 1 unspecified atom stereocenters. The van der Waals surface area contributed by atoms with Crippen LogP contribution in [0.3, 0.4) is 0 Å². The Labute approximate surface area is 195 Å². The molecule has 0 saturated carbocycles. The van der Waals surface area contributed by atoms with Gasteiger partial charge in [-0.05, 0) is 56.4 Å². The molecule has 3 aromatic heterocycles.